The van der Waals surface area contributed by atoms with Crippen molar-refractivity contribution in [2.24, 2.45) is 5.92 Å². The Kier molecular flexibility index (Phi) is 4.99. The fourth-order valence-corrected chi connectivity index (χ4v) is 1.83. The van der Waals surface area contributed by atoms with E-state index in [2.05, 4.69) is 17.5 Å². The van der Waals surface area contributed by atoms with Crippen molar-refractivity contribution in [2.45, 2.75) is 12.8 Å². The van der Waals surface area contributed by atoms with Crippen molar-refractivity contribution in [3.8, 4) is 12.1 Å². The van der Waals surface area contributed by atoms with Gasteiger partial charge in [-0.2, -0.15) is 10.5 Å². The Morgan fingerprint density at radius 3 is 2.50 bits per heavy atom. The van der Waals surface area contributed by atoms with Gasteiger partial charge in [0.2, 0.25) is 0 Å². The van der Waals surface area contributed by atoms with E-state index >= 15 is 0 Å². The molecule has 0 aliphatic carbocycles. The zero-order chi connectivity index (χ0) is 10.2. The van der Waals surface area contributed by atoms with E-state index in [1.54, 1.807) is 0 Å². The van der Waals surface area contributed by atoms with E-state index in [4.69, 9.17) is 10.5 Å². The van der Waals surface area contributed by atoms with Crippen molar-refractivity contribution >= 4 is 0 Å². The standard InChI is InChI=1S/C10H16N4/c11-3-6-14(7-4-12)9-10-2-1-5-13-8-10/h10,13H,1-2,5-9H2. The van der Waals surface area contributed by atoms with Crippen LogP contribution in [0.15, 0.2) is 0 Å². The lowest BCUT2D eigenvalue weighted by Crippen LogP contribution is -2.38. The maximum atomic E-state index is 8.58. The van der Waals surface area contributed by atoms with Crippen LogP contribution in [0.5, 0.6) is 0 Å². The second-order valence-electron chi connectivity index (χ2n) is 3.70. The van der Waals surface area contributed by atoms with Crippen LogP contribution in [0.2, 0.25) is 0 Å². The summed E-state index contributed by atoms with van der Waals surface area (Å²) in [6.45, 7) is 3.72. The zero-order valence-corrected chi connectivity index (χ0v) is 8.37. The quantitative estimate of drug-likeness (QED) is 0.652. The lowest BCUT2D eigenvalue weighted by atomic mass is 9.99. The first-order valence-corrected chi connectivity index (χ1v) is 5.03. The Morgan fingerprint density at radius 2 is 2.00 bits per heavy atom. The molecule has 4 heteroatoms. The highest BCUT2D eigenvalue weighted by Crippen LogP contribution is 2.11. The molecular weight excluding hydrogens is 176 g/mol. The highest BCUT2D eigenvalue weighted by atomic mass is 15.1. The monoisotopic (exact) mass is 192 g/mol. The molecule has 0 aromatic rings. The van der Waals surface area contributed by atoms with E-state index in [0.29, 0.717) is 19.0 Å². The van der Waals surface area contributed by atoms with Crippen LogP contribution in [0.4, 0.5) is 0 Å². The van der Waals surface area contributed by atoms with Gasteiger partial charge in [-0.3, -0.25) is 4.90 Å². The number of nitrogens with zero attached hydrogens (tertiary/aromatic N) is 3. The molecule has 1 fully saturated rings. The van der Waals surface area contributed by atoms with E-state index in [1.807, 2.05) is 4.90 Å². The van der Waals surface area contributed by atoms with Crippen LogP contribution in [0.1, 0.15) is 12.8 Å². The van der Waals surface area contributed by atoms with Crippen LogP contribution in [0, 0.1) is 28.6 Å². The van der Waals surface area contributed by atoms with Crippen LogP contribution in [-0.4, -0.2) is 37.6 Å². The Balaban J connectivity index is 2.30. The molecule has 0 aromatic carbocycles. The summed E-state index contributed by atoms with van der Waals surface area (Å²) in [4.78, 5) is 1.91. The van der Waals surface area contributed by atoms with Crippen LogP contribution in [0.3, 0.4) is 0 Å². The fourth-order valence-electron chi connectivity index (χ4n) is 1.83. The smallest absolute Gasteiger partial charge is 0.0874 e. The number of hydrogen-bond donors (Lipinski definition) is 1. The lowest BCUT2D eigenvalue weighted by molar-refractivity contribution is 0.246. The fraction of sp³-hybridized carbons (Fsp3) is 0.800. The van der Waals surface area contributed by atoms with E-state index in [9.17, 15) is 0 Å². The molecule has 4 nitrogen and oxygen atoms in total. The SMILES string of the molecule is N#CCN(CC#N)CC1CCCNC1. The molecule has 0 aromatic heterocycles. The molecule has 14 heavy (non-hydrogen) atoms. The largest absolute Gasteiger partial charge is 0.316 e. The Morgan fingerprint density at radius 1 is 1.29 bits per heavy atom. The lowest BCUT2D eigenvalue weighted by Gasteiger charge is -2.27. The number of piperidine rings is 1. The molecule has 0 spiro atoms. The van der Waals surface area contributed by atoms with Gasteiger partial charge < -0.3 is 5.32 Å². The maximum Gasteiger partial charge on any atom is 0.0874 e. The van der Waals surface area contributed by atoms with Gasteiger partial charge in [-0.1, -0.05) is 0 Å². The normalized spacial score (nSPS) is 21.5. The van der Waals surface area contributed by atoms with Gasteiger partial charge in [0.1, 0.15) is 0 Å². The van der Waals surface area contributed by atoms with Gasteiger partial charge in [-0.05, 0) is 31.8 Å². The number of hydrogen-bond acceptors (Lipinski definition) is 4. The van der Waals surface area contributed by atoms with E-state index < -0.39 is 0 Å². The average Bonchev–Trinajstić information content (AvgIpc) is 2.20. The third kappa shape index (κ3) is 3.74. The van der Waals surface area contributed by atoms with Gasteiger partial charge in [0.15, 0.2) is 0 Å². The van der Waals surface area contributed by atoms with Gasteiger partial charge in [-0.25, -0.2) is 0 Å². The second-order valence-corrected chi connectivity index (χ2v) is 3.70. The first kappa shape index (κ1) is 11.0. The first-order chi connectivity index (χ1) is 6.86. The number of rotatable bonds is 4. The van der Waals surface area contributed by atoms with Gasteiger partial charge in [0.25, 0.3) is 0 Å². The minimum absolute atomic E-state index is 0.365. The van der Waals surface area contributed by atoms with E-state index in [-0.39, 0.29) is 0 Å². The van der Waals surface area contributed by atoms with Gasteiger partial charge in [0, 0.05) is 6.54 Å². The van der Waals surface area contributed by atoms with Crippen LogP contribution < -0.4 is 5.32 Å². The average molecular weight is 192 g/mol. The third-order valence-corrected chi connectivity index (χ3v) is 2.50. The molecule has 0 saturated carbocycles. The molecule has 1 saturated heterocycles. The molecule has 1 heterocycles. The summed E-state index contributed by atoms with van der Waals surface area (Å²) in [5, 5.41) is 20.5. The Hall–Kier alpha value is -1.10. The van der Waals surface area contributed by atoms with Crippen molar-refractivity contribution < 1.29 is 0 Å². The molecule has 0 radical (unpaired) electrons. The van der Waals surface area contributed by atoms with Crippen molar-refractivity contribution in [3.05, 3.63) is 0 Å². The van der Waals surface area contributed by atoms with Crippen LogP contribution >= 0.6 is 0 Å². The summed E-state index contributed by atoms with van der Waals surface area (Å²) in [7, 11) is 0. The first-order valence-electron chi connectivity index (χ1n) is 5.03. The Bertz CT molecular complexity index is 215. The highest BCUT2D eigenvalue weighted by molar-refractivity contribution is 4.85. The topological polar surface area (TPSA) is 62.9 Å². The molecular formula is C10H16N4. The summed E-state index contributed by atoms with van der Waals surface area (Å²) in [6, 6.07) is 4.19. The molecule has 1 aliphatic rings. The summed E-state index contributed by atoms with van der Waals surface area (Å²) in [5.41, 5.74) is 0. The van der Waals surface area contributed by atoms with Crippen LogP contribution in [-0.2, 0) is 0 Å². The molecule has 1 aliphatic heterocycles. The summed E-state index contributed by atoms with van der Waals surface area (Å²) >= 11 is 0. The molecule has 0 bridgehead atoms. The molecule has 1 unspecified atom stereocenters. The van der Waals surface area contributed by atoms with E-state index in [0.717, 1.165) is 19.6 Å². The summed E-state index contributed by atoms with van der Waals surface area (Å²) < 4.78 is 0. The molecule has 1 rings (SSSR count). The molecule has 76 valence electrons. The number of nitrogens with one attached hydrogen (secondary N) is 1. The zero-order valence-electron chi connectivity index (χ0n) is 8.37. The molecule has 1 atom stereocenters. The maximum absolute atomic E-state index is 8.58. The predicted molar refractivity (Wildman–Crippen MR) is 53.3 cm³/mol. The van der Waals surface area contributed by atoms with Crippen LogP contribution in [0.25, 0.3) is 0 Å². The molecule has 0 amide bonds. The van der Waals surface area contributed by atoms with Crippen molar-refractivity contribution in [3.63, 3.8) is 0 Å². The highest BCUT2D eigenvalue weighted by Gasteiger charge is 2.16. The number of nitriles is 2. The van der Waals surface area contributed by atoms with Gasteiger partial charge in [0.05, 0.1) is 25.2 Å². The van der Waals surface area contributed by atoms with Crippen molar-refractivity contribution in [1.82, 2.24) is 10.2 Å². The van der Waals surface area contributed by atoms with E-state index in [1.165, 1.54) is 12.8 Å². The third-order valence-electron chi connectivity index (χ3n) is 2.50. The predicted octanol–water partition coefficient (Wildman–Crippen LogP) is 0.335. The minimum atomic E-state index is 0.365. The molecule has 1 N–H and O–H groups in total. The van der Waals surface area contributed by atoms with Gasteiger partial charge in [-0.15, -0.1) is 0 Å². The second kappa shape index (κ2) is 6.37. The van der Waals surface area contributed by atoms with Crippen molar-refractivity contribution in [2.75, 3.05) is 32.7 Å². The summed E-state index contributed by atoms with van der Waals surface area (Å²) in [5.74, 6) is 0.602. The Labute approximate surface area is 85.1 Å². The van der Waals surface area contributed by atoms with Gasteiger partial charge >= 0.3 is 0 Å². The summed E-state index contributed by atoms with van der Waals surface area (Å²) in [6.07, 6.45) is 2.41. The minimum Gasteiger partial charge on any atom is -0.316 e. The van der Waals surface area contributed by atoms with Crippen molar-refractivity contribution in [1.29, 1.82) is 10.5 Å².